The summed E-state index contributed by atoms with van der Waals surface area (Å²) in [5.41, 5.74) is 1.30. The Labute approximate surface area is 137 Å². The predicted molar refractivity (Wildman–Crippen MR) is 90.3 cm³/mol. The molecule has 2 rings (SSSR count). The fourth-order valence-electron chi connectivity index (χ4n) is 2.96. The molecule has 1 aliphatic carbocycles. The zero-order valence-electron chi connectivity index (χ0n) is 12.3. The van der Waals surface area contributed by atoms with Gasteiger partial charge in [0.1, 0.15) is 0 Å². The summed E-state index contributed by atoms with van der Waals surface area (Å²) < 4.78 is 0. The summed E-state index contributed by atoms with van der Waals surface area (Å²) in [7, 11) is 0. The number of anilines is 1. The van der Waals surface area contributed by atoms with Crippen molar-refractivity contribution in [1.82, 2.24) is 0 Å². The highest BCUT2D eigenvalue weighted by atomic mass is 35.5. The molecule has 0 unspecified atom stereocenters. The number of rotatable bonds is 2. The Kier molecular flexibility index (Phi) is 5.15. The van der Waals surface area contributed by atoms with Crippen LogP contribution in [-0.2, 0) is 0 Å². The smallest absolute Gasteiger partial charge is 0.0653 e. The minimum Gasteiger partial charge on any atom is -0.381 e. The van der Waals surface area contributed by atoms with E-state index in [4.69, 9.17) is 34.8 Å². The Hall–Kier alpha value is -0.110. The van der Waals surface area contributed by atoms with Crippen molar-refractivity contribution in [1.29, 1.82) is 0 Å². The van der Waals surface area contributed by atoms with Crippen molar-refractivity contribution < 1.29 is 0 Å². The van der Waals surface area contributed by atoms with Crippen molar-refractivity contribution in [3.8, 4) is 0 Å². The number of hydrogen-bond donors (Lipinski definition) is 1. The maximum absolute atomic E-state index is 6.22. The zero-order chi connectivity index (χ0) is 14.9. The van der Waals surface area contributed by atoms with Gasteiger partial charge in [-0.15, -0.1) is 0 Å². The third kappa shape index (κ3) is 3.96. The van der Waals surface area contributed by atoms with Gasteiger partial charge in [-0.05, 0) is 49.1 Å². The molecule has 0 amide bonds. The van der Waals surface area contributed by atoms with Crippen LogP contribution in [0.5, 0.6) is 0 Å². The number of hydrogen-bond acceptors (Lipinski definition) is 1. The van der Waals surface area contributed by atoms with Gasteiger partial charge in [0.15, 0.2) is 0 Å². The lowest BCUT2D eigenvalue weighted by molar-refractivity contribution is 0.173. The molecule has 0 bridgehead atoms. The van der Waals surface area contributed by atoms with Crippen molar-refractivity contribution in [2.24, 2.45) is 11.3 Å². The molecule has 1 saturated carbocycles. The van der Waals surface area contributed by atoms with Crippen LogP contribution in [0.25, 0.3) is 0 Å². The largest absolute Gasteiger partial charge is 0.381 e. The van der Waals surface area contributed by atoms with Gasteiger partial charge in [-0.25, -0.2) is 0 Å². The van der Waals surface area contributed by atoms with E-state index in [1.165, 1.54) is 25.7 Å². The fraction of sp³-hybridized carbons (Fsp3) is 0.625. The number of nitrogens with one attached hydrogen (secondary N) is 1. The monoisotopic (exact) mass is 333 g/mol. The van der Waals surface area contributed by atoms with E-state index in [0.717, 1.165) is 11.6 Å². The maximum Gasteiger partial charge on any atom is 0.0653 e. The Bertz CT molecular complexity index is 471. The first-order valence-electron chi connectivity index (χ1n) is 7.18. The highest BCUT2D eigenvalue weighted by Crippen LogP contribution is 2.39. The van der Waals surface area contributed by atoms with E-state index in [1.54, 1.807) is 6.07 Å². The molecule has 0 aliphatic heterocycles. The van der Waals surface area contributed by atoms with E-state index in [9.17, 15) is 0 Å². The molecule has 112 valence electrons. The highest BCUT2D eigenvalue weighted by Gasteiger charge is 2.29. The van der Waals surface area contributed by atoms with Gasteiger partial charge < -0.3 is 5.32 Å². The third-order valence-corrected chi connectivity index (χ3v) is 5.36. The van der Waals surface area contributed by atoms with E-state index in [0.29, 0.717) is 26.5 Å². The Morgan fingerprint density at radius 1 is 0.900 bits per heavy atom. The second-order valence-corrected chi connectivity index (χ2v) is 8.03. The molecular formula is C16H22Cl3N. The molecule has 0 atom stereocenters. The normalized spacial score (nSPS) is 23.7. The van der Waals surface area contributed by atoms with E-state index in [2.05, 4.69) is 26.1 Å². The molecule has 0 heterocycles. The van der Waals surface area contributed by atoms with Crippen LogP contribution in [-0.4, -0.2) is 6.04 Å². The molecule has 1 aliphatic rings. The first-order valence-corrected chi connectivity index (χ1v) is 8.32. The molecule has 1 aromatic rings. The van der Waals surface area contributed by atoms with E-state index >= 15 is 0 Å². The van der Waals surface area contributed by atoms with E-state index in [-0.39, 0.29) is 0 Å². The lowest BCUT2D eigenvalue weighted by Gasteiger charge is -2.37. The number of benzene rings is 1. The Balaban J connectivity index is 1.98. The van der Waals surface area contributed by atoms with Crippen molar-refractivity contribution in [3.63, 3.8) is 0 Å². The second-order valence-electron chi connectivity index (χ2n) is 6.81. The predicted octanol–water partition coefficient (Wildman–Crippen LogP) is 6.66. The van der Waals surface area contributed by atoms with Crippen molar-refractivity contribution in [2.45, 2.75) is 52.5 Å². The highest BCUT2D eigenvalue weighted by molar-refractivity contribution is 6.44. The quantitative estimate of drug-likeness (QED) is 0.596. The van der Waals surface area contributed by atoms with Crippen LogP contribution in [0.4, 0.5) is 5.69 Å². The second kappa shape index (κ2) is 6.34. The summed E-state index contributed by atoms with van der Waals surface area (Å²) in [6.07, 6.45) is 4.89. The van der Waals surface area contributed by atoms with Crippen LogP contribution in [0.15, 0.2) is 12.1 Å². The summed E-state index contributed by atoms with van der Waals surface area (Å²) >= 11 is 18.2. The van der Waals surface area contributed by atoms with Gasteiger partial charge in [0.25, 0.3) is 0 Å². The first-order chi connectivity index (χ1) is 9.27. The summed E-state index contributed by atoms with van der Waals surface area (Å²) in [6, 6.07) is 4.00. The third-order valence-electron chi connectivity index (χ3n) is 4.32. The number of halogens is 3. The summed E-state index contributed by atoms with van der Waals surface area (Å²) in [4.78, 5) is 0. The molecule has 20 heavy (non-hydrogen) atoms. The SMILES string of the molecule is CC(C)(C)C1CCC(Nc2cc(Cl)c(Cl)cc2Cl)CC1. The molecule has 0 radical (unpaired) electrons. The van der Waals surface area contributed by atoms with E-state index < -0.39 is 0 Å². The van der Waals surface area contributed by atoms with Crippen molar-refractivity contribution in [3.05, 3.63) is 27.2 Å². The minimum atomic E-state index is 0.409. The molecule has 0 saturated heterocycles. The van der Waals surface area contributed by atoms with Crippen LogP contribution in [0.3, 0.4) is 0 Å². The zero-order valence-corrected chi connectivity index (χ0v) is 14.5. The first kappa shape index (κ1) is 16.3. The summed E-state index contributed by atoms with van der Waals surface area (Å²) in [5, 5.41) is 5.19. The van der Waals surface area contributed by atoms with Crippen LogP contribution in [0.1, 0.15) is 46.5 Å². The Morgan fingerprint density at radius 2 is 1.45 bits per heavy atom. The summed E-state index contributed by atoms with van der Waals surface area (Å²) in [6.45, 7) is 7.00. The van der Waals surface area contributed by atoms with Crippen molar-refractivity contribution >= 4 is 40.5 Å². The molecule has 0 aromatic heterocycles. The van der Waals surface area contributed by atoms with Gasteiger partial charge in [0.05, 0.1) is 20.8 Å². The van der Waals surface area contributed by atoms with Gasteiger partial charge in [-0.2, -0.15) is 0 Å². The van der Waals surface area contributed by atoms with Gasteiger partial charge in [-0.3, -0.25) is 0 Å². The van der Waals surface area contributed by atoms with Gasteiger partial charge in [0.2, 0.25) is 0 Å². The van der Waals surface area contributed by atoms with Crippen LogP contribution >= 0.6 is 34.8 Å². The summed E-state index contributed by atoms with van der Waals surface area (Å²) in [5.74, 6) is 0.810. The fourth-order valence-corrected chi connectivity index (χ4v) is 3.56. The maximum atomic E-state index is 6.22. The standard InChI is InChI=1S/C16H22Cl3N/c1-16(2,3)10-4-6-11(7-5-10)20-15-9-13(18)12(17)8-14(15)19/h8-11,20H,4-7H2,1-3H3. The topological polar surface area (TPSA) is 12.0 Å². The van der Waals surface area contributed by atoms with Crippen molar-refractivity contribution in [2.75, 3.05) is 5.32 Å². The Morgan fingerprint density at radius 3 is 2.00 bits per heavy atom. The molecular weight excluding hydrogens is 313 g/mol. The molecule has 1 nitrogen and oxygen atoms in total. The van der Waals surface area contributed by atoms with Gasteiger partial charge >= 0.3 is 0 Å². The van der Waals surface area contributed by atoms with Gasteiger partial charge in [0, 0.05) is 6.04 Å². The minimum absolute atomic E-state index is 0.409. The van der Waals surface area contributed by atoms with Crippen LogP contribution in [0, 0.1) is 11.3 Å². The van der Waals surface area contributed by atoms with Gasteiger partial charge in [-0.1, -0.05) is 55.6 Å². The molecule has 1 fully saturated rings. The average Bonchev–Trinajstić information content (AvgIpc) is 2.35. The van der Waals surface area contributed by atoms with Crippen LogP contribution < -0.4 is 5.32 Å². The molecule has 4 heteroatoms. The molecule has 1 aromatic carbocycles. The lowest BCUT2D eigenvalue weighted by Crippen LogP contribution is -2.31. The van der Waals surface area contributed by atoms with Crippen LogP contribution in [0.2, 0.25) is 15.1 Å². The van der Waals surface area contributed by atoms with E-state index in [1.807, 2.05) is 6.07 Å². The average molecular weight is 335 g/mol. The molecule has 1 N–H and O–H groups in total. The lowest BCUT2D eigenvalue weighted by atomic mass is 9.71. The molecule has 0 spiro atoms.